The minimum Gasteiger partial charge on any atom is -0.380 e. The molecule has 0 bridgehead atoms. The van der Waals surface area contributed by atoms with E-state index in [1.54, 1.807) is 0 Å². The van der Waals surface area contributed by atoms with Crippen LogP contribution in [0.25, 0.3) is 0 Å². The second-order valence-corrected chi connectivity index (χ2v) is 4.26. The van der Waals surface area contributed by atoms with Crippen LogP contribution in [0.3, 0.4) is 0 Å². The summed E-state index contributed by atoms with van der Waals surface area (Å²) >= 11 is 0. The lowest BCUT2D eigenvalue weighted by Gasteiger charge is -2.20. The van der Waals surface area contributed by atoms with Gasteiger partial charge >= 0.3 is 0 Å². The smallest absolute Gasteiger partial charge is 0.225 e. The van der Waals surface area contributed by atoms with E-state index in [-0.39, 0.29) is 0 Å². The van der Waals surface area contributed by atoms with E-state index < -0.39 is 0 Å². The van der Waals surface area contributed by atoms with Crippen molar-refractivity contribution < 1.29 is 4.74 Å². The summed E-state index contributed by atoms with van der Waals surface area (Å²) in [5.41, 5.74) is 2.21. The molecule has 1 aromatic heterocycles. The highest BCUT2D eigenvalue weighted by Gasteiger charge is 2.13. The van der Waals surface area contributed by atoms with Crippen molar-refractivity contribution in [2.24, 2.45) is 0 Å². The van der Waals surface area contributed by atoms with Crippen molar-refractivity contribution in [3.63, 3.8) is 0 Å². The predicted molar refractivity (Wildman–Crippen MR) is 67.2 cm³/mol. The minimum atomic E-state index is 0.765. The van der Waals surface area contributed by atoms with Crippen molar-refractivity contribution in [3.8, 4) is 0 Å². The third-order valence-electron chi connectivity index (χ3n) is 2.94. The minimum absolute atomic E-state index is 0.765. The molecule has 0 amide bonds. The van der Waals surface area contributed by atoms with Crippen molar-refractivity contribution >= 4 is 5.95 Å². The summed E-state index contributed by atoms with van der Waals surface area (Å²) in [5, 5.41) is 3.12. The topological polar surface area (TPSA) is 50.3 Å². The van der Waals surface area contributed by atoms with Gasteiger partial charge in [0.25, 0.3) is 0 Å². The van der Waals surface area contributed by atoms with Gasteiger partial charge in [-0.3, -0.25) is 0 Å². The molecule has 1 aliphatic heterocycles. The van der Waals surface area contributed by atoms with Gasteiger partial charge in [-0.15, -0.1) is 0 Å². The third kappa shape index (κ3) is 3.14. The lowest BCUT2D eigenvalue weighted by molar-refractivity contribution is 0.152. The average molecular weight is 236 g/mol. The van der Waals surface area contributed by atoms with Crippen molar-refractivity contribution in [2.45, 2.75) is 19.9 Å². The molecule has 0 saturated carbocycles. The molecule has 0 unspecified atom stereocenters. The molecular weight excluding hydrogens is 216 g/mol. The number of nitrogens with zero attached hydrogens (tertiary/aromatic N) is 3. The Morgan fingerprint density at radius 3 is 3.06 bits per heavy atom. The van der Waals surface area contributed by atoms with Crippen LogP contribution in [0.5, 0.6) is 0 Å². The van der Waals surface area contributed by atoms with E-state index in [4.69, 9.17) is 4.74 Å². The van der Waals surface area contributed by atoms with Crippen LogP contribution in [-0.2, 0) is 11.3 Å². The first-order valence-electron chi connectivity index (χ1n) is 6.11. The predicted octanol–water partition coefficient (Wildman–Crippen LogP) is 0.731. The molecule has 1 aliphatic rings. The lowest BCUT2D eigenvalue weighted by atomic mass is 10.2. The average Bonchev–Trinajstić information content (AvgIpc) is 2.60. The van der Waals surface area contributed by atoms with Crippen LogP contribution in [-0.4, -0.2) is 43.3 Å². The van der Waals surface area contributed by atoms with Crippen LogP contribution in [0.15, 0.2) is 6.20 Å². The van der Waals surface area contributed by atoms with Crippen molar-refractivity contribution in [2.75, 3.05) is 38.3 Å². The Kier molecular flexibility index (Phi) is 4.28. The van der Waals surface area contributed by atoms with E-state index in [2.05, 4.69) is 20.2 Å². The van der Waals surface area contributed by atoms with Gasteiger partial charge in [0.15, 0.2) is 0 Å². The molecule has 1 N–H and O–H groups in total. The maximum absolute atomic E-state index is 5.43. The SMILES string of the molecule is CNCc1cnc(N2CCCOCC2)nc1C. The fraction of sp³-hybridized carbons (Fsp3) is 0.667. The Hall–Kier alpha value is -1.20. The number of hydrogen-bond donors (Lipinski definition) is 1. The van der Waals surface area contributed by atoms with Gasteiger partial charge in [-0.1, -0.05) is 0 Å². The summed E-state index contributed by atoms with van der Waals surface area (Å²) in [4.78, 5) is 11.2. The van der Waals surface area contributed by atoms with Crippen molar-refractivity contribution in [1.82, 2.24) is 15.3 Å². The molecule has 0 aromatic carbocycles. The second-order valence-electron chi connectivity index (χ2n) is 4.26. The zero-order valence-electron chi connectivity index (χ0n) is 10.6. The van der Waals surface area contributed by atoms with Gasteiger partial charge in [0.1, 0.15) is 0 Å². The summed E-state index contributed by atoms with van der Waals surface area (Å²) in [7, 11) is 1.93. The molecule has 1 saturated heterocycles. The summed E-state index contributed by atoms with van der Waals surface area (Å²) in [6.07, 6.45) is 2.96. The van der Waals surface area contributed by atoms with Gasteiger partial charge < -0.3 is 15.0 Å². The van der Waals surface area contributed by atoms with E-state index in [1.807, 2.05) is 20.2 Å². The number of aryl methyl sites for hydroxylation is 1. The van der Waals surface area contributed by atoms with Gasteiger partial charge in [-0.25, -0.2) is 9.97 Å². The fourth-order valence-electron chi connectivity index (χ4n) is 1.94. The maximum atomic E-state index is 5.43. The van der Waals surface area contributed by atoms with Crippen LogP contribution < -0.4 is 10.2 Å². The Balaban J connectivity index is 2.12. The van der Waals surface area contributed by atoms with Gasteiger partial charge in [0.2, 0.25) is 5.95 Å². The fourth-order valence-corrected chi connectivity index (χ4v) is 1.94. The van der Waals surface area contributed by atoms with E-state index in [0.29, 0.717) is 0 Å². The zero-order valence-corrected chi connectivity index (χ0v) is 10.6. The van der Waals surface area contributed by atoms with E-state index in [1.165, 1.54) is 0 Å². The normalized spacial score (nSPS) is 16.9. The van der Waals surface area contributed by atoms with Crippen LogP contribution in [0.2, 0.25) is 0 Å². The highest BCUT2D eigenvalue weighted by Crippen LogP contribution is 2.12. The lowest BCUT2D eigenvalue weighted by Crippen LogP contribution is -2.28. The summed E-state index contributed by atoms with van der Waals surface area (Å²) in [6, 6.07) is 0. The first-order chi connectivity index (χ1) is 8.31. The van der Waals surface area contributed by atoms with Crippen LogP contribution in [0.1, 0.15) is 17.7 Å². The quantitative estimate of drug-likeness (QED) is 0.838. The van der Waals surface area contributed by atoms with E-state index >= 15 is 0 Å². The number of aromatic nitrogens is 2. The largest absolute Gasteiger partial charge is 0.380 e. The molecule has 1 aromatic rings. The first kappa shape index (κ1) is 12.3. The molecule has 0 aliphatic carbocycles. The number of hydrogen-bond acceptors (Lipinski definition) is 5. The highest BCUT2D eigenvalue weighted by molar-refractivity contribution is 5.33. The van der Waals surface area contributed by atoms with Crippen molar-refractivity contribution in [1.29, 1.82) is 0 Å². The Morgan fingerprint density at radius 2 is 2.29 bits per heavy atom. The van der Waals surface area contributed by atoms with Gasteiger partial charge in [0, 0.05) is 43.7 Å². The molecule has 0 spiro atoms. The third-order valence-corrected chi connectivity index (χ3v) is 2.94. The maximum Gasteiger partial charge on any atom is 0.225 e. The molecule has 0 radical (unpaired) electrons. The standard InChI is InChI=1S/C12H20N4O/c1-10-11(8-13-2)9-14-12(15-10)16-4-3-6-17-7-5-16/h9,13H,3-8H2,1-2H3. The molecular formula is C12H20N4O. The van der Waals surface area contributed by atoms with E-state index in [9.17, 15) is 0 Å². The van der Waals surface area contributed by atoms with Crippen LogP contribution >= 0.6 is 0 Å². The van der Waals surface area contributed by atoms with Crippen LogP contribution in [0.4, 0.5) is 5.95 Å². The molecule has 1 fully saturated rings. The number of ether oxygens (including phenoxy) is 1. The number of rotatable bonds is 3. The molecule has 2 rings (SSSR count). The Bertz CT molecular complexity index is 362. The van der Waals surface area contributed by atoms with Gasteiger partial charge in [0.05, 0.1) is 6.61 Å². The second kappa shape index (κ2) is 5.93. The zero-order chi connectivity index (χ0) is 12.1. The first-order valence-corrected chi connectivity index (χ1v) is 6.11. The molecule has 2 heterocycles. The summed E-state index contributed by atoms with van der Waals surface area (Å²) < 4.78 is 5.43. The monoisotopic (exact) mass is 236 g/mol. The molecule has 94 valence electrons. The molecule has 5 nitrogen and oxygen atoms in total. The molecule has 0 atom stereocenters. The molecule has 17 heavy (non-hydrogen) atoms. The Labute approximate surface area is 102 Å². The number of nitrogens with one attached hydrogen (secondary N) is 1. The highest BCUT2D eigenvalue weighted by atomic mass is 16.5. The number of anilines is 1. The van der Waals surface area contributed by atoms with Gasteiger partial charge in [-0.05, 0) is 20.4 Å². The summed E-state index contributed by atoms with van der Waals surface area (Å²) in [6.45, 7) is 6.31. The molecule has 5 heteroatoms. The summed E-state index contributed by atoms with van der Waals surface area (Å²) in [5.74, 6) is 0.827. The van der Waals surface area contributed by atoms with Crippen LogP contribution in [0, 0.1) is 6.92 Å². The van der Waals surface area contributed by atoms with Crippen molar-refractivity contribution in [3.05, 3.63) is 17.5 Å². The Morgan fingerprint density at radius 1 is 1.41 bits per heavy atom. The van der Waals surface area contributed by atoms with Gasteiger partial charge in [-0.2, -0.15) is 0 Å². The van der Waals surface area contributed by atoms with E-state index in [0.717, 1.165) is 56.5 Å².